The van der Waals surface area contributed by atoms with Crippen molar-refractivity contribution >= 4 is 16.3 Å². The van der Waals surface area contributed by atoms with E-state index in [1.807, 2.05) is 0 Å². The molecule has 5 atom stereocenters. The molecule has 1 aliphatic heterocycles. The second-order valence-corrected chi connectivity index (χ2v) is 5.08. The average molecular weight is 301 g/mol. The second-order valence-electron chi connectivity index (χ2n) is 3.98. The van der Waals surface area contributed by atoms with Crippen LogP contribution in [0.15, 0.2) is 0 Å². The van der Waals surface area contributed by atoms with Crippen LogP contribution in [0.1, 0.15) is 6.92 Å². The van der Waals surface area contributed by atoms with E-state index in [2.05, 4.69) is 9.50 Å². The Labute approximate surface area is 108 Å². The topological polar surface area (TPSA) is 163 Å². The molecule has 1 saturated heterocycles. The molecule has 0 aromatic rings. The Morgan fingerprint density at radius 3 is 2.37 bits per heavy atom. The second kappa shape index (κ2) is 6.09. The summed E-state index contributed by atoms with van der Waals surface area (Å²) in [7, 11) is -4.74. The number of aliphatic hydroxyl groups excluding tert-OH is 3. The lowest BCUT2D eigenvalue weighted by Crippen LogP contribution is -2.64. The van der Waals surface area contributed by atoms with Crippen LogP contribution in [-0.4, -0.2) is 71.4 Å². The van der Waals surface area contributed by atoms with Crippen LogP contribution in [0.25, 0.3) is 0 Å². The van der Waals surface area contributed by atoms with Gasteiger partial charge in [-0.3, -0.25) is 9.35 Å². The number of ether oxygens (including phenoxy) is 1. The molecule has 1 rings (SSSR count). The Bertz CT molecular complexity index is 424. The molecule has 0 saturated carbocycles. The first-order chi connectivity index (χ1) is 8.61. The third-order valence-corrected chi connectivity index (χ3v) is 2.91. The Balaban J connectivity index is 2.69. The summed E-state index contributed by atoms with van der Waals surface area (Å²) in [6, 6.07) is -1.27. The van der Waals surface area contributed by atoms with Gasteiger partial charge in [0.05, 0.1) is 6.61 Å². The number of carbonyl (C=O) groups excluding carboxylic acids is 1. The van der Waals surface area contributed by atoms with Crippen molar-refractivity contribution in [3.05, 3.63) is 0 Å². The van der Waals surface area contributed by atoms with E-state index in [1.165, 1.54) is 0 Å². The molecule has 0 aromatic heterocycles. The zero-order valence-electron chi connectivity index (χ0n) is 9.83. The molecule has 1 aliphatic rings. The summed E-state index contributed by atoms with van der Waals surface area (Å²) in [6.45, 7) is 0.334. The van der Waals surface area contributed by atoms with E-state index in [1.54, 1.807) is 0 Å². The van der Waals surface area contributed by atoms with Crippen LogP contribution in [0.4, 0.5) is 0 Å². The molecule has 0 spiro atoms. The summed E-state index contributed by atoms with van der Waals surface area (Å²) in [5, 5.41) is 31.0. The molecule has 11 heteroatoms. The minimum Gasteiger partial charge on any atom is -0.388 e. The molecule has 1 amide bonds. The van der Waals surface area contributed by atoms with Gasteiger partial charge in [-0.1, -0.05) is 0 Å². The summed E-state index contributed by atoms with van der Waals surface area (Å²) in [4.78, 5) is 10.8. The largest absolute Gasteiger partial charge is 0.397 e. The minimum atomic E-state index is -4.74. The van der Waals surface area contributed by atoms with Gasteiger partial charge in [-0.05, 0) is 0 Å². The lowest BCUT2D eigenvalue weighted by molar-refractivity contribution is -0.252. The average Bonchev–Trinajstić information content (AvgIpc) is 2.26. The quantitative estimate of drug-likeness (QED) is 0.335. The predicted octanol–water partition coefficient (Wildman–Crippen LogP) is -3.25. The number of aliphatic hydroxyl groups is 3. The van der Waals surface area contributed by atoms with E-state index in [-0.39, 0.29) is 0 Å². The summed E-state index contributed by atoms with van der Waals surface area (Å²) < 4.78 is 37.9. The predicted molar refractivity (Wildman–Crippen MR) is 58.0 cm³/mol. The van der Waals surface area contributed by atoms with E-state index >= 15 is 0 Å². The first-order valence-electron chi connectivity index (χ1n) is 5.20. The molecular weight excluding hydrogens is 286 g/mol. The number of rotatable bonds is 4. The lowest BCUT2D eigenvalue weighted by Gasteiger charge is -2.40. The monoisotopic (exact) mass is 301 g/mol. The molecule has 0 aromatic carbocycles. The molecule has 5 N–H and O–H groups in total. The number of hydrogen-bond acceptors (Lipinski definition) is 8. The van der Waals surface area contributed by atoms with Gasteiger partial charge in [-0.15, -0.1) is 0 Å². The van der Waals surface area contributed by atoms with E-state index in [0.29, 0.717) is 0 Å². The van der Waals surface area contributed by atoms with E-state index in [0.717, 1.165) is 6.92 Å². The zero-order valence-corrected chi connectivity index (χ0v) is 10.6. The van der Waals surface area contributed by atoms with Gasteiger partial charge >= 0.3 is 10.4 Å². The van der Waals surface area contributed by atoms with Crippen molar-refractivity contribution < 1.29 is 42.0 Å². The first-order valence-corrected chi connectivity index (χ1v) is 6.57. The van der Waals surface area contributed by atoms with Gasteiger partial charge in [0, 0.05) is 6.92 Å². The van der Waals surface area contributed by atoms with Crippen LogP contribution in [0.2, 0.25) is 0 Å². The summed E-state index contributed by atoms with van der Waals surface area (Å²) in [6.07, 6.45) is -6.28. The highest BCUT2D eigenvalue weighted by molar-refractivity contribution is 7.80. The van der Waals surface area contributed by atoms with Gasteiger partial charge in [0.2, 0.25) is 5.91 Å². The molecule has 19 heavy (non-hydrogen) atoms. The molecule has 1 heterocycles. The van der Waals surface area contributed by atoms with Crippen LogP contribution < -0.4 is 5.32 Å². The Kier molecular flexibility index (Phi) is 5.20. The summed E-state index contributed by atoms with van der Waals surface area (Å²) >= 11 is 0. The molecule has 0 aliphatic carbocycles. The number of carbonyl (C=O) groups is 1. The van der Waals surface area contributed by atoms with Gasteiger partial charge in [0.1, 0.15) is 24.4 Å². The lowest BCUT2D eigenvalue weighted by atomic mass is 9.97. The van der Waals surface area contributed by atoms with Gasteiger partial charge < -0.3 is 25.4 Å². The van der Waals surface area contributed by atoms with Gasteiger partial charge in [0.15, 0.2) is 6.29 Å². The fraction of sp³-hybridized carbons (Fsp3) is 0.875. The molecule has 0 bridgehead atoms. The van der Waals surface area contributed by atoms with Gasteiger partial charge in [-0.25, -0.2) is 4.18 Å². The van der Waals surface area contributed by atoms with Crippen LogP contribution in [0.3, 0.4) is 0 Å². The van der Waals surface area contributed by atoms with Crippen molar-refractivity contribution in [1.29, 1.82) is 0 Å². The maximum absolute atomic E-state index is 10.8. The number of amides is 1. The molecule has 10 nitrogen and oxygen atoms in total. The van der Waals surface area contributed by atoms with E-state index in [9.17, 15) is 28.5 Å². The minimum absolute atomic E-state index is 0.563. The SMILES string of the molecule is CC(=O)NC1[C@H](O)OC(COS(=O)(=O)O)[C@H](O)[C@@H]1O. The van der Waals surface area contributed by atoms with Crippen molar-refractivity contribution in [2.24, 2.45) is 0 Å². The fourth-order valence-electron chi connectivity index (χ4n) is 1.63. The van der Waals surface area contributed by atoms with Crippen molar-refractivity contribution in [3.8, 4) is 0 Å². The molecule has 0 radical (unpaired) electrons. The van der Waals surface area contributed by atoms with Crippen molar-refractivity contribution in [2.75, 3.05) is 6.61 Å². The third-order valence-electron chi connectivity index (χ3n) is 2.47. The zero-order chi connectivity index (χ0) is 14.8. The van der Waals surface area contributed by atoms with Crippen LogP contribution in [0.5, 0.6) is 0 Å². The maximum Gasteiger partial charge on any atom is 0.397 e. The number of hydrogen-bond donors (Lipinski definition) is 5. The molecule has 112 valence electrons. The standard InChI is InChI=1S/C8H15NO9S/c1-3(10)9-5-7(12)6(11)4(18-8(5)13)2-17-19(14,15)16/h4-8,11-13H,2H2,1H3,(H,9,10)(H,14,15,16)/t4?,5?,6-,7+,8+/m0/s1. The fourth-order valence-corrected chi connectivity index (χ4v) is 1.93. The third kappa shape index (κ3) is 4.65. The molecule has 2 unspecified atom stereocenters. The van der Waals surface area contributed by atoms with Crippen LogP contribution >= 0.6 is 0 Å². The molecule has 1 fully saturated rings. The smallest absolute Gasteiger partial charge is 0.388 e. The Morgan fingerprint density at radius 2 is 1.89 bits per heavy atom. The van der Waals surface area contributed by atoms with Crippen LogP contribution in [0, 0.1) is 0 Å². The number of nitrogens with one attached hydrogen (secondary N) is 1. The van der Waals surface area contributed by atoms with Gasteiger partial charge in [-0.2, -0.15) is 8.42 Å². The van der Waals surface area contributed by atoms with E-state index in [4.69, 9.17) is 9.29 Å². The van der Waals surface area contributed by atoms with Crippen molar-refractivity contribution in [3.63, 3.8) is 0 Å². The summed E-state index contributed by atoms with van der Waals surface area (Å²) in [5.41, 5.74) is 0. The maximum atomic E-state index is 10.8. The normalized spacial score (nSPS) is 35.9. The van der Waals surface area contributed by atoms with Crippen LogP contribution in [-0.2, 0) is 24.1 Å². The van der Waals surface area contributed by atoms with E-state index < -0.39 is 53.6 Å². The van der Waals surface area contributed by atoms with Crippen molar-refractivity contribution in [1.82, 2.24) is 5.32 Å². The molecular formula is C8H15NO9S. The van der Waals surface area contributed by atoms with Crippen molar-refractivity contribution in [2.45, 2.75) is 37.6 Å². The highest BCUT2D eigenvalue weighted by Gasteiger charge is 2.44. The van der Waals surface area contributed by atoms with Gasteiger partial charge in [0.25, 0.3) is 0 Å². The Hall–Kier alpha value is -0.820. The Morgan fingerprint density at radius 1 is 1.32 bits per heavy atom. The highest BCUT2D eigenvalue weighted by Crippen LogP contribution is 2.20. The highest BCUT2D eigenvalue weighted by atomic mass is 32.3. The summed E-state index contributed by atoms with van der Waals surface area (Å²) in [5.74, 6) is -0.563. The first kappa shape index (κ1) is 16.2.